The van der Waals surface area contributed by atoms with Gasteiger partial charge in [0.15, 0.2) is 0 Å². The van der Waals surface area contributed by atoms with Crippen molar-refractivity contribution in [2.24, 2.45) is 5.92 Å². The van der Waals surface area contributed by atoms with Gasteiger partial charge in [0.2, 0.25) is 0 Å². The highest BCUT2D eigenvalue weighted by molar-refractivity contribution is 9.10. The fourth-order valence-corrected chi connectivity index (χ4v) is 3.61. The average Bonchev–Trinajstić information content (AvgIpc) is 2.42. The number of benzene rings is 2. The maximum atomic E-state index is 6.33. The van der Waals surface area contributed by atoms with Gasteiger partial charge in [0.1, 0.15) is 0 Å². The smallest absolute Gasteiger partial charge is 0.0724 e. The summed E-state index contributed by atoms with van der Waals surface area (Å²) in [6, 6.07) is 14.3. The van der Waals surface area contributed by atoms with E-state index in [1.54, 1.807) is 0 Å². The van der Waals surface area contributed by atoms with E-state index in [1.807, 2.05) is 18.2 Å². The lowest BCUT2D eigenvalue weighted by atomic mass is 9.97. The molecule has 0 heterocycles. The number of hydrogen-bond acceptors (Lipinski definition) is 1. The molecule has 2 aromatic carbocycles. The molecule has 0 aromatic heterocycles. The summed E-state index contributed by atoms with van der Waals surface area (Å²) in [5, 5.41) is 4.75. The summed E-state index contributed by atoms with van der Waals surface area (Å²) in [6.45, 7) is 4.42. The molecule has 2 aromatic rings. The summed E-state index contributed by atoms with van der Waals surface area (Å²) >= 11 is 16.1. The maximum Gasteiger partial charge on any atom is 0.0724 e. The van der Waals surface area contributed by atoms with Crippen molar-refractivity contribution >= 4 is 44.8 Å². The first-order chi connectivity index (χ1) is 9.97. The molecule has 1 unspecified atom stereocenters. The highest BCUT2D eigenvalue weighted by Gasteiger charge is 2.16. The molecule has 0 saturated carbocycles. The number of nitrogens with one attached hydrogen (secondary N) is 1. The monoisotopic (exact) mass is 385 g/mol. The van der Waals surface area contributed by atoms with Crippen molar-refractivity contribution in [3.63, 3.8) is 0 Å². The summed E-state index contributed by atoms with van der Waals surface area (Å²) < 4.78 is 0.878. The average molecular weight is 387 g/mol. The van der Waals surface area contributed by atoms with Crippen molar-refractivity contribution < 1.29 is 0 Å². The molecule has 0 amide bonds. The predicted octanol–water partition coefficient (Wildman–Crippen LogP) is 6.96. The van der Waals surface area contributed by atoms with Gasteiger partial charge in [-0.2, -0.15) is 0 Å². The van der Waals surface area contributed by atoms with Crippen LogP contribution in [-0.4, -0.2) is 0 Å². The molecule has 21 heavy (non-hydrogen) atoms. The lowest BCUT2D eigenvalue weighted by Gasteiger charge is -2.23. The first kappa shape index (κ1) is 16.7. The van der Waals surface area contributed by atoms with Gasteiger partial charge in [-0.05, 0) is 30.0 Å². The molecular weight excluding hydrogens is 369 g/mol. The molecule has 0 fully saturated rings. The molecule has 0 spiro atoms. The predicted molar refractivity (Wildman–Crippen MR) is 96.4 cm³/mol. The van der Waals surface area contributed by atoms with Gasteiger partial charge in [0.05, 0.1) is 21.8 Å². The number of rotatable bonds is 5. The van der Waals surface area contributed by atoms with E-state index in [9.17, 15) is 0 Å². The number of halogens is 3. The van der Waals surface area contributed by atoms with Crippen LogP contribution in [-0.2, 0) is 0 Å². The molecule has 1 nitrogen and oxygen atoms in total. The second-order valence-corrected chi connectivity index (χ2v) is 7.21. The SMILES string of the molecule is CC(C)CC(Nc1c(Cl)cc(Br)cc1Cl)c1ccccc1. The van der Waals surface area contributed by atoms with Crippen molar-refractivity contribution in [1.29, 1.82) is 0 Å². The van der Waals surface area contributed by atoms with Crippen LogP contribution in [0, 0.1) is 5.92 Å². The fraction of sp³-hybridized carbons (Fsp3) is 0.294. The van der Waals surface area contributed by atoms with Crippen LogP contribution in [0.2, 0.25) is 10.0 Å². The van der Waals surface area contributed by atoms with Gasteiger partial charge < -0.3 is 5.32 Å². The summed E-state index contributed by atoms with van der Waals surface area (Å²) in [7, 11) is 0. The zero-order valence-corrected chi connectivity index (χ0v) is 15.1. The Bertz CT molecular complexity index is 576. The quantitative estimate of drug-likeness (QED) is 0.585. The zero-order chi connectivity index (χ0) is 15.4. The zero-order valence-electron chi connectivity index (χ0n) is 12.0. The summed E-state index contributed by atoms with van der Waals surface area (Å²) in [5.74, 6) is 0.565. The lowest BCUT2D eigenvalue weighted by Crippen LogP contribution is -2.14. The van der Waals surface area contributed by atoms with Crippen LogP contribution < -0.4 is 5.32 Å². The lowest BCUT2D eigenvalue weighted by molar-refractivity contribution is 0.531. The molecule has 1 atom stereocenters. The van der Waals surface area contributed by atoms with Crippen LogP contribution in [0.4, 0.5) is 5.69 Å². The number of hydrogen-bond donors (Lipinski definition) is 1. The van der Waals surface area contributed by atoms with E-state index < -0.39 is 0 Å². The van der Waals surface area contributed by atoms with Crippen LogP contribution in [0.5, 0.6) is 0 Å². The molecule has 0 aliphatic heterocycles. The molecule has 0 aliphatic carbocycles. The van der Waals surface area contributed by atoms with E-state index in [2.05, 4.69) is 59.4 Å². The molecule has 2 rings (SSSR count). The molecule has 112 valence electrons. The third kappa shape index (κ3) is 4.64. The van der Waals surface area contributed by atoms with Crippen molar-refractivity contribution in [3.8, 4) is 0 Å². The van der Waals surface area contributed by atoms with E-state index in [0.717, 1.165) is 16.6 Å². The van der Waals surface area contributed by atoms with Crippen LogP contribution >= 0.6 is 39.1 Å². The summed E-state index contributed by atoms with van der Waals surface area (Å²) in [5.41, 5.74) is 2.03. The molecule has 1 N–H and O–H groups in total. The van der Waals surface area contributed by atoms with Crippen LogP contribution in [0.3, 0.4) is 0 Å². The Balaban J connectivity index is 2.32. The molecule has 0 aliphatic rings. The van der Waals surface area contributed by atoms with E-state index in [0.29, 0.717) is 16.0 Å². The first-order valence-corrected chi connectivity index (χ1v) is 8.48. The standard InChI is InChI=1S/C17H18BrCl2N/c1-11(2)8-16(12-6-4-3-5-7-12)21-17-14(19)9-13(18)10-15(17)20/h3-7,9-11,16,21H,8H2,1-2H3. The second-order valence-electron chi connectivity index (χ2n) is 5.48. The van der Waals surface area contributed by atoms with Gasteiger partial charge in [0.25, 0.3) is 0 Å². The van der Waals surface area contributed by atoms with Crippen molar-refractivity contribution in [2.45, 2.75) is 26.3 Å². The minimum atomic E-state index is 0.183. The van der Waals surface area contributed by atoms with Gasteiger partial charge in [-0.1, -0.05) is 83.3 Å². The maximum absolute atomic E-state index is 6.33. The topological polar surface area (TPSA) is 12.0 Å². The largest absolute Gasteiger partial charge is 0.376 e. The Morgan fingerprint density at radius 2 is 1.62 bits per heavy atom. The summed E-state index contributed by atoms with van der Waals surface area (Å²) in [6.07, 6.45) is 1.01. The van der Waals surface area contributed by atoms with Crippen LogP contribution in [0.1, 0.15) is 31.9 Å². The van der Waals surface area contributed by atoms with Crippen molar-refractivity contribution in [2.75, 3.05) is 5.32 Å². The Morgan fingerprint density at radius 3 is 2.14 bits per heavy atom. The molecule has 0 bridgehead atoms. The van der Waals surface area contributed by atoms with E-state index in [4.69, 9.17) is 23.2 Å². The third-order valence-corrected chi connectivity index (χ3v) is 4.29. The van der Waals surface area contributed by atoms with Gasteiger partial charge >= 0.3 is 0 Å². The Morgan fingerprint density at radius 1 is 1.05 bits per heavy atom. The van der Waals surface area contributed by atoms with Gasteiger partial charge in [0, 0.05) is 4.47 Å². The minimum absolute atomic E-state index is 0.183. The molecular formula is C17H18BrCl2N. The molecule has 0 radical (unpaired) electrons. The Labute approximate surface area is 144 Å². The normalized spacial score (nSPS) is 12.5. The Hall–Kier alpha value is -0.700. The molecule has 0 saturated heterocycles. The third-order valence-electron chi connectivity index (χ3n) is 3.23. The van der Waals surface area contributed by atoms with Crippen molar-refractivity contribution in [3.05, 3.63) is 62.5 Å². The second kappa shape index (κ2) is 7.53. The number of anilines is 1. The molecule has 4 heteroatoms. The van der Waals surface area contributed by atoms with Gasteiger partial charge in [-0.3, -0.25) is 0 Å². The van der Waals surface area contributed by atoms with Crippen LogP contribution in [0.25, 0.3) is 0 Å². The van der Waals surface area contributed by atoms with E-state index in [1.165, 1.54) is 5.56 Å². The van der Waals surface area contributed by atoms with Crippen molar-refractivity contribution in [1.82, 2.24) is 0 Å². The first-order valence-electron chi connectivity index (χ1n) is 6.93. The fourth-order valence-electron chi connectivity index (χ4n) is 2.29. The van der Waals surface area contributed by atoms with Gasteiger partial charge in [-0.25, -0.2) is 0 Å². The van der Waals surface area contributed by atoms with E-state index >= 15 is 0 Å². The highest BCUT2D eigenvalue weighted by Crippen LogP contribution is 2.37. The Kier molecular flexibility index (Phi) is 5.98. The summed E-state index contributed by atoms with van der Waals surface area (Å²) in [4.78, 5) is 0. The minimum Gasteiger partial charge on any atom is -0.376 e. The van der Waals surface area contributed by atoms with Gasteiger partial charge in [-0.15, -0.1) is 0 Å². The van der Waals surface area contributed by atoms with E-state index in [-0.39, 0.29) is 6.04 Å². The van der Waals surface area contributed by atoms with Crippen LogP contribution in [0.15, 0.2) is 46.9 Å². The highest BCUT2D eigenvalue weighted by atomic mass is 79.9.